The molecule has 4 rings (SSSR count). The zero-order chi connectivity index (χ0) is 18.8. The number of thioether (sulfide) groups is 1. The third-order valence-electron chi connectivity index (χ3n) is 4.62. The lowest BCUT2D eigenvalue weighted by Crippen LogP contribution is -2.27. The lowest BCUT2D eigenvalue weighted by atomic mass is 10.1. The van der Waals surface area contributed by atoms with Crippen LogP contribution in [0.5, 0.6) is 23.0 Å². The molecular formula is C20H21NO5S. The molecule has 1 atom stereocenters. The maximum absolute atomic E-state index is 12.5. The van der Waals surface area contributed by atoms with Crippen LogP contribution in [0.1, 0.15) is 16.5 Å². The van der Waals surface area contributed by atoms with E-state index in [0.717, 1.165) is 22.6 Å². The fourth-order valence-electron chi connectivity index (χ4n) is 3.29. The van der Waals surface area contributed by atoms with E-state index < -0.39 is 0 Å². The predicted octanol–water partition coefficient (Wildman–Crippen LogP) is 3.25. The van der Waals surface area contributed by atoms with E-state index in [1.165, 1.54) is 0 Å². The van der Waals surface area contributed by atoms with Crippen LogP contribution in [0.15, 0.2) is 36.4 Å². The van der Waals surface area contributed by atoms with Gasteiger partial charge in [-0.1, -0.05) is 12.1 Å². The molecule has 27 heavy (non-hydrogen) atoms. The van der Waals surface area contributed by atoms with E-state index >= 15 is 0 Å². The maximum Gasteiger partial charge on any atom is 0.234 e. The summed E-state index contributed by atoms with van der Waals surface area (Å²) < 4.78 is 22.0. The number of fused-ring (bicyclic) bond motifs is 1. The molecule has 1 unspecified atom stereocenters. The van der Waals surface area contributed by atoms with Crippen LogP contribution < -0.4 is 18.9 Å². The Kier molecular flexibility index (Phi) is 5.03. The van der Waals surface area contributed by atoms with Gasteiger partial charge in [-0.25, -0.2) is 0 Å². The highest BCUT2D eigenvalue weighted by Gasteiger charge is 2.33. The molecule has 0 radical (unpaired) electrons. The zero-order valence-electron chi connectivity index (χ0n) is 15.3. The highest BCUT2D eigenvalue weighted by molar-refractivity contribution is 8.00. The molecule has 142 valence electrons. The van der Waals surface area contributed by atoms with Crippen molar-refractivity contribution in [3.05, 3.63) is 47.5 Å². The van der Waals surface area contributed by atoms with Crippen molar-refractivity contribution in [1.82, 2.24) is 4.90 Å². The van der Waals surface area contributed by atoms with E-state index in [1.807, 2.05) is 41.3 Å². The van der Waals surface area contributed by atoms with E-state index in [1.54, 1.807) is 26.0 Å². The minimum Gasteiger partial charge on any atom is -0.493 e. The molecule has 2 aromatic carbocycles. The largest absolute Gasteiger partial charge is 0.493 e. The van der Waals surface area contributed by atoms with Crippen LogP contribution in [0.2, 0.25) is 0 Å². The molecule has 1 fully saturated rings. The van der Waals surface area contributed by atoms with Crippen LogP contribution in [0, 0.1) is 0 Å². The Labute approximate surface area is 162 Å². The maximum atomic E-state index is 12.5. The van der Waals surface area contributed by atoms with Gasteiger partial charge in [0.05, 0.1) is 20.0 Å². The van der Waals surface area contributed by atoms with Crippen molar-refractivity contribution >= 4 is 17.7 Å². The zero-order valence-corrected chi connectivity index (χ0v) is 16.1. The van der Waals surface area contributed by atoms with E-state index in [4.69, 9.17) is 18.9 Å². The number of rotatable bonds is 5. The fourth-order valence-corrected chi connectivity index (χ4v) is 4.47. The van der Waals surface area contributed by atoms with Gasteiger partial charge in [0.1, 0.15) is 18.6 Å². The second-order valence-electron chi connectivity index (χ2n) is 6.28. The number of benzene rings is 2. The third-order valence-corrected chi connectivity index (χ3v) is 5.88. The summed E-state index contributed by atoms with van der Waals surface area (Å²) in [4.78, 5) is 14.4. The molecule has 1 amide bonds. The summed E-state index contributed by atoms with van der Waals surface area (Å²) in [6.07, 6.45) is 0. The van der Waals surface area contributed by atoms with Gasteiger partial charge in [0.25, 0.3) is 0 Å². The highest BCUT2D eigenvalue weighted by atomic mass is 32.2. The summed E-state index contributed by atoms with van der Waals surface area (Å²) in [7, 11) is 3.21. The second kappa shape index (κ2) is 7.60. The van der Waals surface area contributed by atoms with Crippen molar-refractivity contribution in [3.8, 4) is 23.0 Å². The van der Waals surface area contributed by atoms with Gasteiger partial charge in [0.15, 0.2) is 23.0 Å². The average molecular weight is 387 g/mol. The third kappa shape index (κ3) is 3.51. The topological polar surface area (TPSA) is 57.2 Å². The number of amides is 1. The lowest BCUT2D eigenvalue weighted by Gasteiger charge is -2.26. The second-order valence-corrected chi connectivity index (χ2v) is 7.35. The van der Waals surface area contributed by atoms with Crippen molar-refractivity contribution in [1.29, 1.82) is 0 Å². The Balaban J connectivity index is 1.59. The first-order valence-corrected chi connectivity index (χ1v) is 9.76. The molecule has 0 N–H and O–H groups in total. The SMILES string of the molecule is COc1ccc(CN2C(=O)CSC2c2ccc3c(c2)OCCO3)cc1OC. The molecule has 0 spiro atoms. The van der Waals surface area contributed by atoms with Gasteiger partial charge in [-0.15, -0.1) is 11.8 Å². The summed E-state index contributed by atoms with van der Waals surface area (Å²) in [5.74, 6) is 3.41. The number of carbonyl (C=O) groups is 1. The molecule has 2 heterocycles. The van der Waals surface area contributed by atoms with Gasteiger partial charge in [-0.05, 0) is 35.4 Å². The molecule has 7 heteroatoms. The van der Waals surface area contributed by atoms with Crippen molar-refractivity contribution in [2.45, 2.75) is 11.9 Å². The van der Waals surface area contributed by atoms with Crippen molar-refractivity contribution in [2.24, 2.45) is 0 Å². The van der Waals surface area contributed by atoms with Gasteiger partial charge < -0.3 is 23.8 Å². The Bertz CT molecular complexity index is 856. The van der Waals surface area contributed by atoms with Crippen LogP contribution in [-0.2, 0) is 11.3 Å². The minimum atomic E-state index is -0.0542. The van der Waals surface area contributed by atoms with E-state index in [-0.39, 0.29) is 11.3 Å². The van der Waals surface area contributed by atoms with Crippen LogP contribution in [0.3, 0.4) is 0 Å². The Morgan fingerprint density at radius 1 is 1.04 bits per heavy atom. The monoisotopic (exact) mass is 387 g/mol. The highest BCUT2D eigenvalue weighted by Crippen LogP contribution is 2.43. The normalized spacial score (nSPS) is 18.5. The molecule has 0 bridgehead atoms. The number of hydrogen-bond donors (Lipinski definition) is 0. The number of ether oxygens (including phenoxy) is 4. The first kappa shape index (κ1) is 17.9. The standard InChI is InChI=1S/C20H21NO5S/c1-23-15-5-3-13(9-17(15)24-2)11-21-19(22)12-27-20(21)14-4-6-16-18(10-14)26-8-7-25-16/h3-6,9-10,20H,7-8,11-12H2,1-2H3. The van der Waals surface area contributed by atoms with Crippen LogP contribution in [0.4, 0.5) is 0 Å². The van der Waals surface area contributed by atoms with Crippen LogP contribution >= 0.6 is 11.8 Å². The molecular weight excluding hydrogens is 366 g/mol. The Hall–Kier alpha value is -2.54. The van der Waals surface area contributed by atoms with Gasteiger partial charge in [-0.3, -0.25) is 4.79 Å². The van der Waals surface area contributed by atoms with Crippen molar-refractivity contribution in [3.63, 3.8) is 0 Å². The molecule has 2 aromatic rings. The smallest absolute Gasteiger partial charge is 0.234 e. The van der Waals surface area contributed by atoms with Crippen molar-refractivity contribution in [2.75, 3.05) is 33.2 Å². The number of nitrogens with zero attached hydrogens (tertiary/aromatic N) is 1. The average Bonchev–Trinajstić information content (AvgIpc) is 3.07. The fraction of sp³-hybridized carbons (Fsp3) is 0.350. The number of hydrogen-bond acceptors (Lipinski definition) is 6. The van der Waals surface area contributed by atoms with Gasteiger partial charge in [-0.2, -0.15) is 0 Å². The first-order valence-electron chi connectivity index (χ1n) is 8.71. The van der Waals surface area contributed by atoms with Gasteiger partial charge >= 0.3 is 0 Å². The number of carbonyl (C=O) groups excluding carboxylic acids is 1. The summed E-state index contributed by atoms with van der Waals surface area (Å²) in [6.45, 7) is 1.61. The molecule has 2 aliphatic heterocycles. The van der Waals surface area contributed by atoms with E-state index in [2.05, 4.69) is 0 Å². The molecule has 6 nitrogen and oxygen atoms in total. The minimum absolute atomic E-state index is 0.0542. The van der Waals surface area contributed by atoms with Crippen LogP contribution in [0.25, 0.3) is 0 Å². The lowest BCUT2D eigenvalue weighted by molar-refractivity contribution is -0.128. The molecule has 0 saturated carbocycles. The first-order chi connectivity index (χ1) is 13.2. The summed E-state index contributed by atoms with van der Waals surface area (Å²) in [6, 6.07) is 11.6. The van der Waals surface area contributed by atoms with E-state index in [0.29, 0.717) is 37.0 Å². The molecule has 2 aliphatic rings. The summed E-state index contributed by atoms with van der Waals surface area (Å²) in [5.41, 5.74) is 2.03. The van der Waals surface area contributed by atoms with Gasteiger partial charge in [0, 0.05) is 6.54 Å². The van der Waals surface area contributed by atoms with Crippen LogP contribution in [-0.4, -0.2) is 44.0 Å². The Morgan fingerprint density at radius 3 is 2.59 bits per heavy atom. The predicted molar refractivity (Wildman–Crippen MR) is 103 cm³/mol. The molecule has 0 aliphatic carbocycles. The molecule has 0 aromatic heterocycles. The van der Waals surface area contributed by atoms with Crippen molar-refractivity contribution < 1.29 is 23.7 Å². The van der Waals surface area contributed by atoms with Gasteiger partial charge in [0.2, 0.25) is 5.91 Å². The summed E-state index contributed by atoms with van der Waals surface area (Å²) >= 11 is 1.62. The summed E-state index contributed by atoms with van der Waals surface area (Å²) in [5, 5.41) is -0.0542. The number of methoxy groups -OCH3 is 2. The quantitative estimate of drug-likeness (QED) is 0.785. The molecule has 1 saturated heterocycles. The Morgan fingerprint density at radius 2 is 1.81 bits per heavy atom. The van der Waals surface area contributed by atoms with E-state index in [9.17, 15) is 4.79 Å².